The van der Waals surface area contributed by atoms with Gasteiger partial charge in [-0.2, -0.15) is 9.98 Å². The lowest BCUT2D eigenvalue weighted by molar-refractivity contribution is 0.780. The van der Waals surface area contributed by atoms with Crippen LogP contribution in [0, 0.1) is 0 Å². The van der Waals surface area contributed by atoms with Crippen LogP contribution in [0.4, 0.5) is 11.4 Å². The molecule has 168 valence electrons. The summed E-state index contributed by atoms with van der Waals surface area (Å²) in [7, 11) is 0. The molecule has 0 fully saturated rings. The summed E-state index contributed by atoms with van der Waals surface area (Å²) in [5, 5.41) is 0. The Labute approximate surface area is 190 Å². The maximum Gasteiger partial charge on any atom is 0.100 e. The molecule has 31 heavy (non-hydrogen) atoms. The predicted molar refractivity (Wildman–Crippen MR) is 137 cm³/mol. The van der Waals surface area contributed by atoms with E-state index in [0.29, 0.717) is 0 Å². The van der Waals surface area contributed by atoms with Crippen molar-refractivity contribution in [2.75, 3.05) is 0 Å². The molecule has 0 amide bonds. The predicted octanol–water partition coefficient (Wildman–Crippen LogP) is 9.19. The van der Waals surface area contributed by atoms with Gasteiger partial charge in [0, 0.05) is 0 Å². The number of hydrogen-bond donors (Lipinski definition) is 0. The van der Waals surface area contributed by atoms with Crippen LogP contribution in [0.15, 0.2) is 46.4 Å². The summed E-state index contributed by atoms with van der Waals surface area (Å²) < 4.78 is 0. The molecule has 0 aliphatic heterocycles. The van der Waals surface area contributed by atoms with Gasteiger partial charge < -0.3 is 0 Å². The standard InChI is InChI=1S/C29H42N2/c1-5-9-13-24-17-19-28(26(21-24)15-11-7-3)30-23-31-29-20-18-25(14-10-6-2)22-27(29)16-12-8-4/h17-22H,5-16H2,1-4H3. The third-order valence-corrected chi connectivity index (χ3v) is 5.87. The fraction of sp³-hybridized carbons (Fsp3) is 0.552. The van der Waals surface area contributed by atoms with Crippen molar-refractivity contribution in [1.29, 1.82) is 0 Å². The smallest absolute Gasteiger partial charge is 0.100 e. The first-order chi connectivity index (χ1) is 15.2. The van der Waals surface area contributed by atoms with Gasteiger partial charge in [-0.1, -0.05) is 77.6 Å². The Balaban J connectivity index is 2.27. The molecule has 0 bridgehead atoms. The normalized spacial score (nSPS) is 10.7. The van der Waals surface area contributed by atoms with Crippen LogP contribution in [0.25, 0.3) is 0 Å². The van der Waals surface area contributed by atoms with E-state index in [2.05, 4.69) is 80.1 Å². The Morgan fingerprint density at radius 2 is 0.935 bits per heavy atom. The summed E-state index contributed by atoms with van der Waals surface area (Å²) in [4.78, 5) is 9.31. The number of unbranched alkanes of at least 4 members (excludes halogenated alkanes) is 4. The molecule has 0 saturated carbocycles. The van der Waals surface area contributed by atoms with Gasteiger partial charge in [-0.15, -0.1) is 0 Å². The first-order valence-electron chi connectivity index (χ1n) is 12.6. The van der Waals surface area contributed by atoms with Gasteiger partial charge in [-0.05, 0) is 85.8 Å². The van der Waals surface area contributed by atoms with Gasteiger partial charge in [0.1, 0.15) is 6.01 Å². The maximum atomic E-state index is 4.65. The molecule has 2 rings (SSSR count). The van der Waals surface area contributed by atoms with Crippen molar-refractivity contribution in [3.63, 3.8) is 0 Å². The van der Waals surface area contributed by atoms with Crippen LogP contribution < -0.4 is 0 Å². The Kier molecular flexibility index (Phi) is 11.9. The van der Waals surface area contributed by atoms with E-state index in [-0.39, 0.29) is 0 Å². The van der Waals surface area contributed by atoms with E-state index in [1.165, 1.54) is 73.6 Å². The highest BCUT2D eigenvalue weighted by Crippen LogP contribution is 2.25. The lowest BCUT2D eigenvalue weighted by Gasteiger charge is -2.08. The van der Waals surface area contributed by atoms with Crippen LogP contribution in [-0.2, 0) is 25.7 Å². The van der Waals surface area contributed by atoms with Gasteiger partial charge in [-0.3, -0.25) is 0 Å². The number of hydrogen-bond acceptors (Lipinski definition) is 2. The monoisotopic (exact) mass is 418 g/mol. The molecule has 0 radical (unpaired) electrons. The minimum Gasteiger partial charge on any atom is -0.187 e. The van der Waals surface area contributed by atoms with E-state index in [0.717, 1.165) is 37.1 Å². The van der Waals surface area contributed by atoms with Crippen molar-refractivity contribution < 1.29 is 0 Å². The molecule has 0 unspecified atom stereocenters. The van der Waals surface area contributed by atoms with E-state index < -0.39 is 0 Å². The van der Waals surface area contributed by atoms with E-state index in [1.807, 2.05) is 0 Å². The fourth-order valence-electron chi connectivity index (χ4n) is 3.84. The largest absolute Gasteiger partial charge is 0.187 e. The molecule has 2 nitrogen and oxygen atoms in total. The molecular formula is C29H42N2. The third-order valence-electron chi connectivity index (χ3n) is 5.87. The lowest BCUT2D eigenvalue weighted by atomic mass is 10.0. The Morgan fingerprint density at radius 1 is 0.548 bits per heavy atom. The summed E-state index contributed by atoms with van der Waals surface area (Å²) in [6, 6.07) is 16.5. The highest BCUT2D eigenvalue weighted by molar-refractivity contribution is 5.62. The molecule has 2 aromatic rings. The van der Waals surface area contributed by atoms with Crippen LogP contribution in [0.5, 0.6) is 0 Å². The summed E-state index contributed by atoms with van der Waals surface area (Å²) in [6.07, 6.45) is 14.2. The first kappa shape index (κ1) is 25.1. The van der Waals surface area contributed by atoms with Crippen LogP contribution in [0.3, 0.4) is 0 Å². The van der Waals surface area contributed by atoms with Crippen molar-refractivity contribution in [2.45, 2.75) is 105 Å². The van der Waals surface area contributed by atoms with Crippen molar-refractivity contribution in [3.8, 4) is 0 Å². The first-order valence-corrected chi connectivity index (χ1v) is 12.6. The second-order valence-electron chi connectivity index (χ2n) is 8.66. The van der Waals surface area contributed by atoms with E-state index in [9.17, 15) is 0 Å². The minimum atomic E-state index is 1.02. The average molecular weight is 419 g/mol. The Morgan fingerprint density at radius 3 is 1.32 bits per heavy atom. The lowest BCUT2D eigenvalue weighted by Crippen LogP contribution is -1.91. The van der Waals surface area contributed by atoms with E-state index in [4.69, 9.17) is 0 Å². The quantitative estimate of drug-likeness (QED) is 0.273. The Hall–Kier alpha value is -2.18. The highest BCUT2D eigenvalue weighted by Gasteiger charge is 2.05. The van der Waals surface area contributed by atoms with Crippen LogP contribution in [-0.4, -0.2) is 6.01 Å². The van der Waals surface area contributed by atoms with Gasteiger partial charge in [0.25, 0.3) is 0 Å². The zero-order chi connectivity index (χ0) is 22.3. The molecular weight excluding hydrogens is 376 g/mol. The van der Waals surface area contributed by atoms with Crippen LogP contribution in [0.2, 0.25) is 0 Å². The number of aliphatic imine (C=N–C) groups is 2. The van der Waals surface area contributed by atoms with Crippen LogP contribution >= 0.6 is 0 Å². The number of nitrogens with zero attached hydrogens (tertiary/aromatic N) is 2. The molecule has 0 aliphatic carbocycles. The molecule has 2 aromatic carbocycles. The highest BCUT2D eigenvalue weighted by atomic mass is 14.8. The van der Waals surface area contributed by atoms with Crippen molar-refractivity contribution in [2.24, 2.45) is 9.98 Å². The number of rotatable bonds is 14. The van der Waals surface area contributed by atoms with Gasteiger partial charge in [0.05, 0.1) is 11.4 Å². The molecule has 0 atom stereocenters. The summed E-state index contributed by atoms with van der Waals surface area (Å²) in [5.74, 6) is 0. The molecule has 0 aliphatic rings. The van der Waals surface area contributed by atoms with E-state index >= 15 is 0 Å². The Bertz CT molecular complexity index is 776. The SMILES string of the molecule is CCCCc1ccc(N=C=Nc2ccc(CCCC)cc2CCCC)c(CCCC)c1. The number of benzene rings is 2. The van der Waals surface area contributed by atoms with Crippen molar-refractivity contribution >= 4 is 17.4 Å². The zero-order valence-electron chi connectivity index (χ0n) is 20.3. The molecule has 2 heteroatoms. The second kappa shape index (κ2) is 14.8. The molecule has 0 N–H and O–H groups in total. The van der Waals surface area contributed by atoms with Crippen LogP contribution in [0.1, 0.15) is 101 Å². The summed E-state index contributed by atoms with van der Waals surface area (Å²) in [5.41, 5.74) is 7.56. The van der Waals surface area contributed by atoms with E-state index in [1.54, 1.807) is 0 Å². The molecule has 0 spiro atoms. The molecule has 0 aromatic heterocycles. The van der Waals surface area contributed by atoms with Gasteiger partial charge in [0.2, 0.25) is 0 Å². The zero-order valence-corrected chi connectivity index (χ0v) is 20.3. The van der Waals surface area contributed by atoms with Gasteiger partial charge in [0.15, 0.2) is 0 Å². The topological polar surface area (TPSA) is 24.7 Å². The minimum absolute atomic E-state index is 1.02. The second-order valence-corrected chi connectivity index (χ2v) is 8.66. The van der Waals surface area contributed by atoms with Crippen molar-refractivity contribution in [3.05, 3.63) is 58.7 Å². The summed E-state index contributed by atoms with van der Waals surface area (Å²) >= 11 is 0. The van der Waals surface area contributed by atoms with Crippen molar-refractivity contribution in [1.82, 2.24) is 0 Å². The fourth-order valence-corrected chi connectivity index (χ4v) is 3.84. The van der Waals surface area contributed by atoms with Gasteiger partial charge in [-0.25, -0.2) is 0 Å². The summed E-state index contributed by atoms with van der Waals surface area (Å²) in [6.45, 7) is 8.98. The third kappa shape index (κ3) is 8.83. The van der Waals surface area contributed by atoms with Gasteiger partial charge >= 0.3 is 0 Å². The molecule has 0 saturated heterocycles. The molecule has 0 heterocycles. The average Bonchev–Trinajstić information content (AvgIpc) is 2.80. The number of aryl methyl sites for hydroxylation is 4. The maximum absolute atomic E-state index is 4.65.